The van der Waals surface area contributed by atoms with Crippen LogP contribution in [0.15, 0.2) is 51.3 Å². The van der Waals surface area contributed by atoms with E-state index in [9.17, 15) is 14.4 Å². The zero-order valence-corrected chi connectivity index (χ0v) is 20.0. The molecule has 0 fully saturated rings. The van der Waals surface area contributed by atoms with Gasteiger partial charge >= 0.3 is 11.9 Å². The van der Waals surface area contributed by atoms with Crippen LogP contribution in [0.4, 0.5) is 0 Å². The van der Waals surface area contributed by atoms with Crippen LogP contribution in [0.25, 0.3) is 0 Å². The van der Waals surface area contributed by atoms with Crippen LogP contribution in [-0.4, -0.2) is 30.9 Å². The molecule has 3 rings (SSSR count). The fourth-order valence-electron chi connectivity index (χ4n) is 4.30. The summed E-state index contributed by atoms with van der Waals surface area (Å²) in [4.78, 5) is 39.3. The first kappa shape index (κ1) is 23.3. The Hall–Kier alpha value is -2.41. The van der Waals surface area contributed by atoms with E-state index < -0.39 is 23.8 Å². The number of carbonyl (C=O) groups is 3. The van der Waals surface area contributed by atoms with Gasteiger partial charge in [-0.2, -0.15) is 0 Å². The van der Waals surface area contributed by atoms with Crippen LogP contribution in [0.1, 0.15) is 52.0 Å². The second-order valence-electron chi connectivity index (χ2n) is 8.18. The Morgan fingerprint density at radius 3 is 2.58 bits per heavy atom. The van der Waals surface area contributed by atoms with E-state index in [1.54, 1.807) is 0 Å². The number of allylic oxidation sites excluding steroid dienone is 3. The molecule has 1 aromatic carbocycles. The summed E-state index contributed by atoms with van der Waals surface area (Å²) in [6.45, 7) is 7.46. The van der Waals surface area contributed by atoms with Crippen molar-refractivity contribution >= 4 is 33.7 Å². The third kappa shape index (κ3) is 4.33. The number of Topliss-reactive ketones (excluding diaryl/α,β-unsaturated/α-hetero) is 1. The summed E-state index contributed by atoms with van der Waals surface area (Å²) < 4.78 is 11.4. The summed E-state index contributed by atoms with van der Waals surface area (Å²) in [5, 5.41) is 3.27. The van der Waals surface area contributed by atoms with Crippen molar-refractivity contribution in [1.29, 1.82) is 0 Å². The number of methoxy groups -OCH3 is 1. The van der Waals surface area contributed by atoms with Crippen molar-refractivity contribution < 1.29 is 23.9 Å². The smallest absolute Gasteiger partial charge is 0.337 e. The molecule has 1 aliphatic heterocycles. The molecule has 0 unspecified atom stereocenters. The van der Waals surface area contributed by atoms with Crippen LogP contribution in [0.2, 0.25) is 0 Å². The highest BCUT2D eigenvalue weighted by Crippen LogP contribution is 2.47. The summed E-state index contributed by atoms with van der Waals surface area (Å²) in [6, 6.07) is 7.49. The quantitative estimate of drug-likeness (QED) is 0.487. The Morgan fingerprint density at radius 2 is 1.97 bits per heavy atom. The van der Waals surface area contributed by atoms with E-state index in [1.165, 1.54) is 7.11 Å². The van der Waals surface area contributed by atoms with Crippen LogP contribution in [0, 0.1) is 11.8 Å². The SMILES string of the molecule is CC[C@@H](C)OC(=O)C1=C(C)NC2=C(C(=O)[C@H](C(=O)OC)[C@H](C)C2)[C@@H]1c1ccccc1Br. The number of hydrogen-bond donors (Lipinski definition) is 1. The third-order valence-corrected chi connectivity index (χ3v) is 6.78. The van der Waals surface area contributed by atoms with Gasteiger partial charge in [-0.05, 0) is 44.2 Å². The van der Waals surface area contributed by atoms with Crippen LogP contribution >= 0.6 is 15.9 Å². The number of halogens is 1. The van der Waals surface area contributed by atoms with Crippen LogP contribution < -0.4 is 5.32 Å². The van der Waals surface area contributed by atoms with Gasteiger partial charge in [0.25, 0.3) is 0 Å². The molecule has 0 radical (unpaired) electrons. The molecule has 1 N–H and O–H groups in total. The zero-order valence-electron chi connectivity index (χ0n) is 18.5. The highest BCUT2D eigenvalue weighted by molar-refractivity contribution is 9.10. The number of esters is 2. The summed E-state index contributed by atoms with van der Waals surface area (Å²) in [6.07, 6.45) is 0.931. The van der Waals surface area contributed by atoms with Crippen molar-refractivity contribution in [1.82, 2.24) is 5.32 Å². The number of ketones is 1. The molecule has 7 heteroatoms. The topological polar surface area (TPSA) is 81.7 Å². The van der Waals surface area contributed by atoms with Gasteiger partial charge in [0, 0.05) is 27.4 Å². The van der Waals surface area contributed by atoms with Gasteiger partial charge in [-0.1, -0.05) is 48.0 Å². The minimum Gasteiger partial charge on any atom is -0.468 e. The molecule has 0 bridgehead atoms. The Kier molecular flexibility index (Phi) is 7.04. The van der Waals surface area contributed by atoms with Crippen LogP contribution in [0.3, 0.4) is 0 Å². The Bertz CT molecular complexity index is 980. The Morgan fingerprint density at radius 1 is 1.29 bits per heavy atom. The van der Waals surface area contributed by atoms with E-state index in [1.807, 2.05) is 52.0 Å². The summed E-state index contributed by atoms with van der Waals surface area (Å²) in [5.41, 5.74) is 3.00. The van der Waals surface area contributed by atoms with Crippen LogP contribution in [0.5, 0.6) is 0 Å². The fourth-order valence-corrected chi connectivity index (χ4v) is 4.81. The van der Waals surface area contributed by atoms with E-state index in [0.29, 0.717) is 29.7 Å². The number of nitrogens with one attached hydrogen (secondary N) is 1. The third-order valence-electron chi connectivity index (χ3n) is 6.06. The summed E-state index contributed by atoms with van der Waals surface area (Å²) in [5.74, 6) is -3.09. The van der Waals surface area contributed by atoms with E-state index in [4.69, 9.17) is 9.47 Å². The molecule has 1 aromatic rings. The van der Waals surface area contributed by atoms with E-state index in [0.717, 1.165) is 15.7 Å². The predicted octanol–water partition coefficient (Wildman–Crippen LogP) is 4.40. The van der Waals surface area contributed by atoms with Gasteiger partial charge in [0.1, 0.15) is 5.92 Å². The molecule has 0 amide bonds. The van der Waals surface area contributed by atoms with Gasteiger partial charge < -0.3 is 14.8 Å². The molecule has 4 atom stereocenters. The average molecular weight is 490 g/mol. The maximum Gasteiger partial charge on any atom is 0.337 e. The largest absolute Gasteiger partial charge is 0.468 e. The predicted molar refractivity (Wildman–Crippen MR) is 120 cm³/mol. The lowest BCUT2D eigenvalue weighted by atomic mass is 9.69. The minimum absolute atomic E-state index is 0.215. The first-order valence-corrected chi connectivity index (χ1v) is 11.3. The average Bonchev–Trinajstić information content (AvgIpc) is 2.72. The molecule has 1 aliphatic carbocycles. The molecule has 0 saturated carbocycles. The van der Waals surface area contributed by atoms with Gasteiger partial charge in [-0.3, -0.25) is 9.59 Å². The lowest BCUT2D eigenvalue weighted by Crippen LogP contribution is -2.43. The van der Waals surface area contributed by atoms with Gasteiger partial charge in [0.05, 0.1) is 18.8 Å². The number of hydrogen-bond acceptors (Lipinski definition) is 6. The second-order valence-corrected chi connectivity index (χ2v) is 9.04. The van der Waals surface area contributed by atoms with Crippen LogP contribution in [-0.2, 0) is 23.9 Å². The molecule has 0 saturated heterocycles. The van der Waals surface area contributed by atoms with Gasteiger partial charge in [-0.25, -0.2) is 4.79 Å². The van der Waals surface area contributed by atoms with Gasteiger partial charge in [-0.15, -0.1) is 0 Å². The first-order valence-electron chi connectivity index (χ1n) is 10.5. The fraction of sp³-hybridized carbons (Fsp3) is 0.458. The maximum atomic E-state index is 13.6. The Balaban J connectivity index is 2.18. The van der Waals surface area contributed by atoms with Gasteiger partial charge in [0.15, 0.2) is 5.78 Å². The number of ether oxygens (including phenoxy) is 2. The lowest BCUT2D eigenvalue weighted by Gasteiger charge is -2.38. The van der Waals surface area contributed by atoms with Crippen molar-refractivity contribution in [2.24, 2.45) is 11.8 Å². The zero-order chi connectivity index (χ0) is 22.9. The molecule has 166 valence electrons. The lowest BCUT2D eigenvalue weighted by molar-refractivity contribution is -0.151. The van der Waals surface area contributed by atoms with E-state index >= 15 is 0 Å². The Labute approximate surface area is 191 Å². The highest BCUT2D eigenvalue weighted by atomic mass is 79.9. The molecule has 31 heavy (non-hydrogen) atoms. The molecular weight excluding hydrogens is 462 g/mol. The molecular formula is C24H28BrNO5. The normalized spacial score (nSPS) is 24.3. The minimum atomic E-state index is -0.902. The van der Waals surface area contributed by atoms with Crippen molar-refractivity contribution in [3.05, 3.63) is 56.8 Å². The molecule has 2 aliphatic rings. The maximum absolute atomic E-state index is 13.6. The number of dihydropyridines is 1. The van der Waals surface area contributed by atoms with Crippen molar-refractivity contribution in [3.8, 4) is 0 Å². The second kappa shape index (κ2) is 9.39. The van der Waals surface area contributed by atoms with Crippen molar-refractivity contribution in [2.45, 2.75) is 52.6 Å². The molecule has 0 spiro atoms. The molecule has 0 aromatic heterocycles. The van der Waals surface area contributed by atoms with Crippen molar-refractivity contribution in [3.63, 3.8) is 0 Å². The highest BCUT2D eigenvalue weighted by Gasteiger charge is 2.47. The van der Waals surface area contributed by atoms with E-state index in [-0.39, 0.29) is 17.8 Å². The number of benzene rings is 1. The summed E-state index contributed by atoms with van der Waals surface area (Å²) >= 11 is 3.58. The van der Waals surface area contributed by atoms with Crippen molar-refractivity contribution in [2.75, 3.05) is 7.11 Å². The standard InChI is InChI=1S/C24H28BrNO5/c1-6-13(3)31-24(29)19-14(4)26-17-11-12(2)18(23(28)30-5)22(27)21(17)20(19)15-9-7-8-10-16(15)25/h7-10,12-13,18,20,26H,6,11H2,1-5H3/t12-,13-,18-,20-/m1/s1. The monoisotopic (exact) mass is 489 g/mol. The molecule has 1 heterocycles. The van der Waals surface area contributed by atoms with Gasteiger partial charge in [0.2, 0.25) is 0 Å². The molecule has 6 nitrogen and oxygen atoms in total. The first-order chi connectivity index (χ1) is 14.7. The number of rotatable bonds is 5. The number of carbonyl (C=O) groups excluding carboxylic acids is 3. The van der Waals surface area contributed by atoms with E-state index in [2.05, 4.69) is 21.2 Å². The summed E-state index contributed by atoms with van der Waals surface area (Å²) in [7, 11) is 1.29.